The largest absolute Gasteiger partial charge is 0.309 e. The van der Waals surface area contributed by atoms with Crippen molar-refractivity contribution in [2.75, 3.05) is 0 Å². The van der Waals surface area contributed by atoms with E-state index in [-0.39, 0.29) is 17.3 Å². The molecule has 0 aliphatic carbocycles. The van der Waals surface area contributed by atoms with Gasteiger partial charge in [0, 0.05) is 23.7 Å². The summed E-state index contributed by atoms with van der Waals surface area (Å²) in [5.74, 6) is -0.342. The number of nitrogens with two attached hydrogens (primary N) is 1. The van der Waals surface area contributed by atoms with Gasteiger partial charge in [-0.05, 0) is 35.9 Å². The number of primary sulfonamides is 1. The monoisotopic (exact) mass is 328 g/mol. The highest BCUT2D eigenvalue weighted by molar-refractivity contribution is 7.89. The summed E-state index contributed by atoms with van der Waals surface area (Å²) in [7, 11) is -3.72. The number of rotatable bonds is 5. The third-order valence-electron chi connectivity index (χ3n) is 2.88. The lowest BCUT2D eigenvalue weighted by molar-refractivity contribution is 0.587. The van der Waals surface area contributed by atoms with E-state index in [1.54, 1.807) is 18.2 Å². The molecule has 0 saturated heterocycles. The summed E-state index contributed by atoms with van der Waals surface area (Å²) >= 11 is 5.81. The van der Waals surface area contributed by atoms with Gasteiger partial charge in [0.2, 0.25) is 10.0 Å². The molecular formula is C14H14ClFN2O2S. The van der Waals surface area contributed by atoms with E-state index in [1.165, 1.54) is 24.3 Å². The van der Waals surface area contributed by atoms with Gasteiger partial charge in [-0.1, -0.05) is 23.7 Å². The molecule has 4 nitrogen and oxygen atoms in total. The SMILES string of the molecule is NS(=O)(=O)c1cccc(CNCc2cc(Cl)ccc2F)c1. The van der Waals surface area contributed by atoms with Crippen LogP contribution in [0.4, 0.5) is 4.39 Å². The Morgan fingerprint density at radius 1 is 1.14 bits per heavy atom. The molecule has 0 fully saturated rings. The van der Waals surface area contributed by atoms with Crippen LogP contribution in [0.3, 0.4) is 0 Å². The molecule has 2 aromatic carbocycles. The van der Waals surface area contributed by atoms with Gasteiger partial charge in [0.05, 0.1) is 4.90 Å². The fraction of sp³-hybridized carbons (Fsp3) is 0.143. The van der Waals surface area contributed by atoms with E-state index in [2.05, 4.69) is 5.32 Å². The summed E-state index contributed by atoms with van der Waals surface area (Å²) in [6.07, 6.45) is 0. The fourth-order valence-electron chi connectivity index (χ4n) is 1.85. The first kappa shape index (κ1) is 15.9. The van der Waals surface area contributed by atoms with Crippen LogP contribution in [0.15, 0.2) is 47.4 Å². The Kier molecular flexibility index (Phi) is 4.95. The molecule has 0 amide bonds. The average Bonchev–Trinajstić information content (AvgIpc) is 2.42. The van der Waals surface area contributed by atoms with Gasteiger partial charge in [-0.2, -0.15) is 0 Å². The number of hydrogen-bond donors (Lipinski definition) is 2. The number of halogens is 2. The minimum atomic E-state index is -3.72. The van der Waals surface area contributed by atoms with E-state index >= 15 is 0 Å². The van der Waals surface area contributed by atoms with Crippen LogP contribution < -0.4 is 10.5 Å². The molecule has 2 rings (SSSR count). The maximum atomic E-state index is 13.5. The van der Waals surface area contributed by atoms with Crippen molar-refractivity contribution in [1.82, 2.24) is 5.32 Å². The Bertz CT molecular complexity index is 750. The molecule has 7 heteroatoms. The summed E-state index contributed by atoms with van der Waals surface area (Å²) in [4.78, 5) is 0.0516. The van der Waals surface area contributed by atoms with Gasteiger partial charge < -0.3 is 5.32 Å². The van der Waals surface area contributed by atoms with Gasteiger partial charge in [0.15, 0.2) is 0 Å². The molecular weight excluding hydrogens is 315 g/mol. The van der Waals surface area contributed by atoms with E-state index in [0.717, 1.165) is 5.56 Å². The summed E-state index contributed by atoms with van der Waals surface area (Å²) in [6, 6.07) is 10.6. The van der Waals surface area contributed by atoms with Gasteiger partial charge in [0.25, 0.3) is 0 Å². The van der Waals surface area contributed by atoms with Crippen LogP contribution in [0.5, 0.6) is 0 Å². The zero-order valence-corrected chi connectivity index (χ0v) is 12.6. The molecule has 2 aromatic rings. The van der Waals surface area contributed by atoms with Crippen LogP contribution >= 0.6 is 11.6 Å². The maximum Gasteiger partial charge on any atom is 0.238 e. The van der Waals surface area contributed by atoms with E-state index in [1.807, 2.05) is 0 Å². The molecule has 0 aliphatic rings. The highest BCUT2D eigenvalue weighted by atomic mass is 35.5. The molecule has 0 aromatic heterocycles. The average molecular weight is 329 g/mol. The van der Waals surface area contributed by atoms with Gasteiger partial charge in [-0.3, -0.25) is 0 Å². The second-order valence-electron chi connectivity index (χ2n) is 4.53. The molecule has 3 N–H and O–H groups in total. The van der Waals surface area contributed by atoms with Crippen LogP contribution in [-0.4, -0.2) is 8.42 Å². The van der Waals surface area contributed by atoms with Gasteiger partial charge in [-0.25, -0.2) is 17.9 Å². The molecule has 0 unspecified atom stereocenters. The molecule has 0 aliphatic heterocycles. The predicted molar refractivity (Wildman–Crippen MR) is 79.8 cm³/mol. The van der Waals surface area contributed by atoms with E-state index in [4.69, 9.17) is 16.7 Å². The third kappa shape index (κ3) is 4.50. The van der Waals surface area contributed by atoms with Crippen molar-refractivity contribution < 1.29 is 12.8 Å². The van der Waals surface area contributed by atoms with Crippen LogP contribution in [0, 0.1) is 5.82 Å². The van der Waals surface area contributed by atoms with Gasteiger partial charge in [0.1, 0.15) is 5.82 Å². The lowest BCUT2D eigenvalue weighted by Crippen LogP contribution is -2.15. The number of sulfonamides is 1. The summed E-state index contributed by atoms with van der Waals surface area (Å²) < 4.78 is 36.0. The topological polar surface area (TPSA) is 72.2 Å². The van der Waals surface area contributed by atoms with Gasteiger partial charge in [-0.15, -0.1) is 0 Å². The molecule has 0 spiro atoms. The van der Waals surface area contributed by atoms with Crippen molar-refractivity contribution in [2.45, 2.75) is 18.0 Å². The Balaban J connectivity index is 2.02. The van der Waals surface area contributed by atoms with Crippen molar-refractivity contribution in [3.63, 3.8) is 0 Å². The number of hydrogen-bond acceptors (Lipinski definition) is 3. The Morgan fingerprint density at radius 2 is 1.90 bits per heavy atom. The standard InChI is InChI=1S/C14H14ClFN2O2S/c15-12-4-5-14(16)11(7-12)9-18-8-10-2-1-3-13(6-10)21(17,19)20/h1-7,18H,8-9H2,(H2,17,19,20). The van der Waals surface area contributed by atoms with Crippen LogP contribution in [-0.2, 0) is 23.1 Å². The molecule has 0 atom stereocenters. The highest BCUT2D eigenvalue weighted by Crippen LogP contribution is 2.15. The molecule has 112 valence electrons. The van der Waals surface area contributed by atoms with Crippen molar-refractivity contribution in [1.29, 1.82) is 0 Å². The minimum Gasteiger partial charge on any atom is -0.309 e. The lowest BCUT2D eigenvalue weighted by Gasteiger charge is -2.08. The lowest BCUT2D eigenvalue weighted by atomic mass is 10.2. The smallest absolute Gasteiger partial charge is 0.238 e. The zero-order chi connectivity index (χ0) is 15.5. The molecule has 21 heavy (non-hydrogen) atoms. The minimum absolute atomic E-state index is 0.0516. The Labute approximate surface area is 127 Å². The van der Waals surface area contributed by atoms with Crippen molar-refractivity contribution in [3.8, 4) is 0 Å². The maximum absolute atomic E-state index is 13.5. The fourth-order valence-corrected chi connectivity index (χ4v) is 2.63. The second kappa shape index (κ2) is 6.53. The third-order valence-corrected chi connectivity index (χ3v) is 4.03. The van der Waals surface area contributed by atoms with Crippen molar-refractivity contribution in [3.05, 3.63) is 64.4 Å². The number of nitrogens with one attached hydrogen (secondary N) is 1. The van der Waals surface area contributed by atoms with Crippen molar-refractivity contribution >= 4 is 21.6 Å². The van der Waals surface area contributed by atoms with E-state index < -0.39 is 10.0 Å². The highest BCUT2D eigenvalue weighted by Gasteiger charge is 2.08. The van der Waals surface area contributed by atoms with Gasteiger partial charge >= 0.3 is 0 Å². The van der Waals surface area contributed by atoms with Crippen molar-refractivity contribution in [2.24, 2.45) is 5.14 Å². The first-order valence-electron chi connectivity index (χ1n) is 6.12. The summed E-state index contributed by atoms with van der Waals surface area (Å²) in [6.45, 7) is 0.668. The second-order valence-corrected chi connectivity index (χ2v) is 6.53. The molecule has 0 saturated carbocycles. The quantitative estimate of drug-likeness (QED) is 0.885. The van der Waals surface area contributed by atoms with Crippen LogP contribution in [0.25, 0.3) is 0 Å². The Hall–Kier alpha value is -1.47. The van der Waals surface area contributed by atoms with Crippen LogP contribution in [0.1, 0.15) is 11.1 Å². The van der Waals surface area contributed by atoms with Crippen LogP contribution in [0.2, 0.25) is 5.02 Å². The predicted octanol–water partition coefficient (Wildman–Crippen LogP) is 2.42. The molecule has 0 bridgehead atoms. The normalized spacial score (nSPS) is 11.6. The summed E-state index contributed by atoms with van der Waals surface area (Å²) in [5, 5.41) is 8.56. The first-order valence-corrected chi connectivity index (χ1v) is 8.05. The number of benzene rings is 2. The molecule has 0 radical (unpaired) electrons. The zero-order valence-electron chi connectivity index (χ0n) is 11.0. The Morgan fingerprint density at radius 3 is 2.62 bits per heavy atom. The first-order chi connectivity index (χ1) is 9.86. The summed E-state index contributed by atoms with van der Waals surface area (Å²) in [5.41, 5.74) is 1.19. The molecule has 0 heterocycles. The van der Waals surface area contributed by atoms with E-state index in [9.17, 15) is 12.8 Å². The van der Waals surface area contributed by atoms with E-state index in [0.29, 0.717) is 17.1 Å².